The molecule has 1 aromatic rings. The number of fused-ring (bicyclic) bond motifs is 1. The Bertz CT molecular complexity index is 376. The number of hydrogen-bond donors (Lipinski definition) is 1. The average Bonchev–Trinajstić information content (AvgIpc) is 2.55. The van der Waals surface area contributed by atoms with Gasteiger partial charge in [-0.05, 0) is 24.1 Å². The molecule has 0 fully saturated rings. The molecule has 0 spiro atoms. The van der Waals surface area contributed by atoms with Gasteiger partial charge in [-0.2, -0.15) is 0 Å². The lowest BCUT2D eigenvalue weighted by Gasteiger charge is -2.20. The Morgan fingerprint density at radius 2 is 2.20 bits per heavy atom. The van der Waals surface area contributed by atoms with Crippen LogP contribution in [0.3, 0.4) is 0 Å². The number of carbonyl (C=O) groups is 1. The minimum atomic E-state index is 0.191. The first-order valence-electron chi connectivity index (χ1n) is 5.30. The molecule has 1 amide bonds. The molecule has 1 heterocycles. The molecule has 1 aliphatic rings. The number of hydrogen-bond acceptors (Lipinski definition) is 2. The number of amides is 1. The van der Waals surface area contributed by atoms with Crippen LogP contribution in [0.5, 0.6) is 0 Å². The zero-order valence-corrected chi connectivity index (χ0v) is 8.94. The maximum absolute atomic E-state index is 11.8. The highest BCUT2D eigenvalue weighted by Crippen LogP contribution is 2.28. The molecule has 0 saturated carbocycles. The monoisotopic (exact) mass is 204 g/mol. The first-order chi connectivity index (χ1) is 7.22. The summed E-state index contributed by atoms with van der Waals surface area (Å²) in [6.45, 7) is 3.41. The van der Waals surface area contributed by atoms with Crippen LogP contribution in [0.4, 0.5) is 5.69 Å². The van der Waals surface area contributed by atoms with Crippen molar-refractivity contribution in [3.8, 4) is 0 Å². The molecule has 0 radical (unpaired) electrons. The van der Waals surface area contributed by atoms with Crippen LogP contribution in [0.15, 0.2) is 24.3 Å². The van der Waals surface area contributed by atoms with Gasteiger partial charge < -0.3 is 10.6 Å². The molecule has 1 atom stereocenters. The van der Waals surface area contributed by atoms with Crippen molar-refractivity contribution in [1.29, 1.82) is 0 Å². The van der Waals surface area contributed by atoms with Gasteiger partial charge >= 0.3 is 0 Å². The van der Waals surface area contributed by atoms with E-state index in [0.29, 0.717) is 18.9 Å². The summed E-state index contributed by atoms with van der Waals surface area (Å²) in [6, 6.07) is 7.96. The number of para-hydroxylation sites is 1. The van der Waals surface area contributed by atoms with Gasteiger partial charge in [0.15, 0.2) is 0 Å². The van der Waals surface area contributed by atoms with Crippen molar-refractivity contribution in [3.05, 3.63) is 29.8 Å². The number of benzene rings is 1. The fraction of sp³-hybridized carbons (Fsp3) is 0.417. The molecule has 2 N–H and O–H groups in total. The van der Waals surface area contributed by atoms with Gasteiger partial charge in [-0.1, -0.05) is 25.1 Å². The Morgan fingerprint density at radius 3 is 2.93 bits per heavy atom. The number of anilines is 1. The molecule has 0 saturated heterocycles. The van der Waals surface area contributed by atoms with Crippen LogP contribution in [0.25, 0.3) is 0 Å². The van der Waals surface area contributed by atoms with E-state index in [9.17, 15) is 4.79 Å². The van der Waals surface area contributed by atoms with Gasteiger partial charge in [0.2, 0.25) is 5.91 Å². The van der Waals surface area contributed by atoms with E-state index in [1.54, 1.807) is 0 Å². The predicted molar refractivity (Wildman–Crippen MR) is 60.7 cm³/mol. The zero-order valence-electron chi connectivity index (χ0n) is 8.94. The van der Waals surface area contributed by atoms with Gasteiger partial charge in [-0.15, -0.1) is 0 Å². The molecule has 1 aliphatic heterocycles. The van der Waals surface area contributed by atoms with Crippen molar-refractivity contribution in [1.82, 2.24) is 0 Å². The van der Waals surface area contributed by atoms with Crippen LogP contribution >= 0.6 is 0 Å². The van der Waals surface area contributed by atoms with Gasteiger partial charge in [-0.25, -0.2) is 0 Å². The molecule has 2 rings (SSSR count). The van der Waals surface area contributed by atoms with Crippen LogP contribution in [0.1, 0.15) is 12.5 Å². The normalized spacial score (nSPS) is 16.7. The molecule has 15 heavy (non-hydrogen) atoms. The molecular weight excluding hydrogens is 188 g/mol. The van der Waals surface area contributed by atoms with Crippen molar-refractivity contribution < 1.29 is 4.79 Å². The summed E-state index contributed by atoms with van der Waals surface area (Å²) in [4.78, 5) is 13.6. The van der Waals surface area contributed by atoms with Gasteiger partial charge in [0.1, 0.15) is 0 Å². The Hall–Kier alpha value is -1.35. The third-order valence-corrected chi connectivity index (χ3v) is 2.82. The number of nitrogens with two attached hydrogens (primary N) is 1. The molecular formula is C12H16N2O. The summed E-state index contributed by atoms with van der Waals surface area (Å²) in [5.41, 5.74) is 7.77. The summed E-state index contributed by atoms with van der Waals surface area (Å²) in [5.74, 6) is 0.539. The number of rotatable bonds is 3. The Labute approximate surface area is 89.9 Å². The zero-order chi connectivity index (χ0) is 10.8. The van der Waals surface area contributed by atoms with Crippen LogP contribution in [0.2, 0.25) is 0 Å². The van der Waals surface area contributed by atoms with E-state index < -0.39 is 0 Å². The van der Waals surface area contributed by atoms with E-state index in [2.05, 4.69) is 6.92 Å². The first kappa shape index (κ1) is 10.2. The molecule has 0 aliphatic carbocycles. The lowest BCUT2D eigenvalue weighted by molar-refractivity contribution is -0.117. The summed E-state index contributed by atoms with van der Waals surface area (Å²) in [5, 5.41) is 0. The molecule has 1 unspecified atom stereocenters. The largest absolute Gasteiger partial charge is 0.330 e. The molecule has 1 aromatic carbocycles. The second-order valence-electron chi connectivity index (χ2n) is 4.15. The van der Waals surface area contributed by atoms with Crippen molar-refractivity contribution in [2.45, 2.75) is 13.3 Å². The van der Waals surface area contributed by atoms with E-state index in [1.807, 2.05) is 29.2 Å². The topological polar surface area (TPSA) is 46.3 Å². The van der Waals surface area contributed by atoms with E-state index in [1.165, 1.54) is 0 Å². The second-order valence-corrected chi connectivity index (χ2v) is 4.15. The van der Waals surface area contributed by atoms with Crippen molar-refractivity contribution >= 4 is 11.6 Å². The fourth-order valence-electron chi connectivity index (χ4n) is 1.90. The quantitative estimate of drug-likeness (QED) is 0.803. The summed E-state index contributed by atoms with van der Waals surface area (Å²) in [7, 11) is 0. The summed E-state index contributed by atoms with van der Waals surface area (Å²) < 4.78 is 0. The fourth-order valence-corrected chi connectivity index (χ4v) is 1.90. The van der Waals surface area contributed by atoms with Crippen molar-refractivity contribution in [2.24, 2.45) is 11.7 Å². The lowest BCUT2D eigenvalue weighted by Crippen LogP contribution is -2.33. The maximum atomic E-state index is 11.8. The van der Waals surface area contributed by atoms with Crippen molar-refractivity contribution in [3.63, 3.8) is 0 Å². The third-order valence-electron chi connectivity index (χ3n) is 2.82. The van der Waals surface area contributed by atoms with Crippen LogP contribution in [0, 0.1) is 5.92 Å². The SMILES string of the molecule is CC(CN)CN1C(=O)Cc2ccccc21. The first-order valence-corrected chi connectivity index (χ1v) is 5.30. The highest BCUT2D eigenvalue weighted by Gasteiger charge is 2.27. The van der Waals surface area contributed by atoms with Gasteiger partial charge in [0.25, 0.3) is 0 Å². The average molecular weight is 204 g/mol. The molecule has 3 nitrogen and oxygen atoms in total. The molecule has 80 valence electrons. The Morgan fingerprint density at radius 1 is 1.47 bits per heavy atom. The van der Waals surface area contributed by atoms with E-state index >= 15 is 0 Å². The molecule has 0 aromatic heterocycles. The minimum Gasteiger partial charge on any atom is -0.330 e. The third kappa shape index (κ3) is 1.88. The van der Waals surface area contributed by atoms with Crippen molar-refractivity contribution in [2.75, 3.05) is 18.0 Å². The Kier molecular flexibility index (Phi) is 2.73. The molecule has 3 heteroatoms. The van der Waals surface area contributed by atoms with E-state index in [4.69, 9.17) is 5.73 Å². The molecule has 0 bridgehead atoms. The highest BCUT2D eigenvalue weighted by molar-refractivity contribution is 6.01. The number of carbonyl (C=O) groups excluding carboxylic acids is 1. The predicted octanol–water partition coefficient (Wildman–Crippen LogP) is 1.17. The lowest BCUT2D eigenvalue weighted by atomic mass is 10.1. The standard InChI is InChI=1S/C12H16N2O/c1-9(7-13)8-14-11-5-3-2-4-10(11)6-12(14)15/h2-5,9H,6-8,13H2,1H3. The highest BCUT2D eigenvalue weighted by atomic mass is 16.2. The van der Waals surface area contributed by atoms with E-state index in [0.717, 1.165) is 17.8 Å². The maximum Gasteiger partial charge on any atom is 0.231 e. The van der Waals surface area contributed by atoms with Crippen LogP contribution < -0.4 is 10.6 Å². The minimum absolute atomic E-state index is 0.191. The smallest absolute Gasteiger partial charge is 0.231 e. The van der Waals surface area contributed by atoms with E-state index in [-0.39, 0.29) is 5.91 Å². The van der Waals surface area contributed by atoms with Crippen LogP contribution in [-0.4, -0.2) is 19.0 Å². The second kappa shape index (κ2) is 4.03. The summed E-state index contributed by atoms with van der Waals surface area (Å²) >= 11 is 0. The van der Waals surface area contributed by atoms with Crippen LogP contribution in [-0.2, 0) is 11.2 Å². The number of nitrogens with zero attached hydrogens (tertiary/aromatic N) is 1. The Balaban J connectivity index is 2.22. The summed E-state index contributed by atoms with van der Waals surface area (Å²) in [6.07, 6.45) is 0.535. The van der Waals surface area contributed by atoms with Gasteiger partial charge in [0.05, 0.1) is 6.42 Å². The van der Waals surface area contributed by atoms with Gasteiger partial charge in [-0.3, -0.25) is 4.79 Å². The van der Waals surface area contributed by atoms with Gasteiger partial charge in [0, 0.05) is 12.2 Å².